The maximum absolute atomic E-state index is 13.8. The molecule has 0 aromatic rings. The van der Waals surface area contributed by atoms with Gasteiger partial charge in [-0.15, -0.1) is 0 Å². The molecule has 0 aliphatic heterocycles. The van der Waals surface area contributed by atoms with E-state index in [0.29, 0.717) is 18.8 Å². The van der Waals surface area contributed by atoms with E-state index in [9.17, 15) is 75.0 Å². The minimum absolute atomic E-state index is 0.0187. The summed E-state index contributed by atoms with van der Waals surface area (Å²) in [5.74, 6) is -56.6. The zero-order valence-corrected chi connectivity index (χ0v) is 20.7. The number of alkyl halides is 16. The van der Waals surface area contributed by atoms with Gasteiger partial charge in [0.25, 0.3) is 0 Å². The lowest BCUT2D eigenvalue weighted by molar-refractivity contribution is -0.447. The Morgan fingerprint density at radius 1 is 0.675 bits per heavy atom. The summed E-state index contributed by atoms with van der Waals surface area (Å²) in [6, 6.07) is 0. The van der Waals surface area contributed by atoms with E-state index in [-0.39, 0.29) is 12.3 Å². The van der Waals surface area contributed by atoms with E-state index in [1.165, 1.54) is 0 Å². The van der Waals surface area contributed by atoms with Gasteiger partial charge in [-0.1, -0.05) is 51.9 Å². The van der Waals surface area contributed by atoms with Crippen LogP contribution in [0.15, 0.2) is 0 Å². The number of ether oxygens (including phenoxy) is 1. The van der Waals surface area contributed by atoms with E-state index in [1.807, 2.05) is 6.92 Å². The molecule has 18 heteroatoms. The third kappa shape index (κ3) is 6.54. The molecule has 238 valence electrons. The highest BCUT2D eigenvalue weighted by Crippen LogP contribution is 2.62. The third-order valence-corrected chi connectivity index (χ3v) is 6.83. The fraction of sp³-hybridized carbons (Fsp3) is 0.955. The van der Waals surface area contributed by atoms with Gasteiger partial charge in [-0.2, -0.15) is 61.5 Å². The lowest BCUT2D eigenvalue weighted by atomic mass is 9.78. The monoisotopic (exact) mass is 626 g/mol. The highest BCUT2D eigenvalue weighted by molar-refractivity contribution is 5.69. The fourth-order valence-electron chi connectivity index (χ4n) is 4.13. The molecule has 2 nitrogen and oxygen atoms in total. The molecule has 40 heavy (non-hydrogen) atoms. The van der Waals surface area contributed by atoms with Crippen molar-refractivity contribution in [1.29, 1.82) is 0 Å². The van der Waals surface area contributed by atoms with Crippen molar-refractivity contribution in [1.82, 2.24) is 0 Å². The van der Waals surface area contributed by atoms with Crippen molar-refractivity contribution in [2.75, 3.05) is 6.61 Å². The summed E-state index contributed by atoms with van der Waals surface area (Å²) in [6.45, 7) is -1.13. The van der Waals surface area contributed by atoms with E-state index in [1.54, 1.807) is 0 Å². The number of esters is 1. The van der Waals surface area contributed by atoms with Crippen LogP contribution in [0.2, 0.25) is 0 Å². The van der Waals surface area contributed by atoms with Crippen molar-refractivity contribution < 1.29 is 79.8 Å². The van der Waals surface area contributed by atoms with Crippen molar-refractivity contribution in [3.8, 4) is 0 Å². The normalized spacial score (nSPS) is 20.6. The van der Waals surface area contributed by atoms with Gasteiger partial charge in [-0.25, -0.2) is 8.78 Å². The number of hydrogen-bond donors (Lipinski definition) is 0. The predicted molar refractivity (Wildman–Crippen MR) is 106 cm³/mol. The summed E-state index contributed by atoms with van der Waals surface area (Å²) in [5.41, 5.74) is 0. The summed E-state index contributed by atoms with van der Waals surface area (Å²) < 4.78 is 217. The molecule has 0 aromatic carbocycles. The lowest BCUT2D eigenvalue weighted by Crippen LogP contribution is -2.74. The van der Waals surface area contributed by atoms with Gasteiger partial charge < -0.3 is 4.74 Å². The molecule has 0 radical (unpaired) electrons. The van der Waals surface area contributed by atoms with E-state index >= 15 is 0 Å². The summed E-state index contributed by atoms with van der Waals surface area (Å²) in [6.07, 6.45) is -0.912. The van der Waals surface area contributed by atoms with E-state index in [2.05, 4.69) is 4.74 Å². The molecule has 1 fully saturated rings. The first-order valence-electron chi connectivity index (χ1n) is 11.9. The Kier molecular flexibility index (Phi) is 11.2. The van der Waals surface area contributed by atoms with Gasteiger partial charge in [-0.05, 0) is 18.3 Å². The van der Waals surface area contributed by atoms with Crippen molar-refractivity contribution in [3.63, 3.8) is 0 Å². The molecule has 0 atom stereocenters. The van der Waals surface area contributed by atoms with Crippen LogP contribution in [-0.4, -0.2) is 60.5 Å². The SMILES string of the molecule is CCCC[C@H]1CC[C@H](CCC(=O)OCC(F)(F)C(F)(F)C(F)(F)C(F)(F)C(F)(F)C(F)(F)C(F)(F)C(F)F)CC1. The van der Waals surface area contributed by atoms with Gasteiger partial charge in [0.15, 0.2) is 6.61 Å². The van der Waals surface area contributed by atoms with Crippen LogP contribution in [0.3, 0.4) is 0 Å². The Morgan fingerprint density at radius 3 is 1.50 bits per heavy atom. The van der Waals surface area contributed by atoms with E-state index in [0.717, 1.165) is 32.1 Å². The van der Waals surface area contributed by atoms with Gasteiger partial charge in [0, 0.05) is 6.42 Å². The van der Waals surface area contributed by atoms with Crippen LogP contribution in [0.4, 0.5) is 70.2 Å². The van der Waals surface area contributed by atoms with Crippen molar-refractivity contribution in [3.05, 3.63) is 0 Å². The number of halogens is 16. The number of hydrogen-bond acceptors (Lipinski definition) is 2. The zero-order chi connectivity index (χ0) is 31.6. The molecule has 0 N–H and O–H groups in total. The van der Waals surface area contributed by atoms with Crippen LogP contribution in [0.1, 0.15) is 64.7 Å². The first kappa shape index (κ1) is 36.4. The number of unbranched alkanes of at least 4 members (excludes halogenated alkanes) is 1. The quantitative estimate of drug-likeness (QED) is 0.134. The van der Waals surface area contributed by atoms with Crippen molar-refractivity contribution in [2.45, 2.75) is 113 Å². The molecule has 1 rings (SSSR count). The van der Waals surface area contributed by atoms with Crippen molar-refractivity contribution >= 4 is 5.97 Å². The minimum Gasteiger partial charge on any atom is -0.459 e. The number of rotatable bonds is 15. The summed E-state index contributed by atoms with van der Waals surface area (Å²) in [4.78, 5) is 11.7. The Labute approximate surface area is 217 Å². The molecule has 0 amide bonds. The molecule has 0 unspecified atom stereocenters. The van der Waals surface area contributed by atoms with Gasteiger partial charge in [0.2, 0.25) is 0 Å². The average Bonchev–Trinajstić information content (AvgIpc) is 2.84. The molecule has 1 aliphatic rings. The second-order valence-corrected chi connectivity index (χ2v) is 9.73. The highest BCUT2D eigenvalue weighted by atomic mass is 19.4. The Hall–Kier alpha value is -1.65. The van der Waals surface area contributed by atoms with Gasteiger partial charge >= 0.3 is 53.9 Å². The average molecular weight is 626 g/mol. The van der Waals surface area contributed by atoms with Crippen LogP contribution in [0.25, 0.3) is 0 Å². The fourth-order valence-corrected chi connectivity index (χ4v) is 4.13. The Balaban J connectivity index is 2.96. The lowest BCUT2D eigenvalue weighted by Gasteiger charge is -2.42. The van der Waals surface area contributed by atoms with Gasteiger partial charge in [-0.3, -0.25) is 4.79 Å². The third-order valence-electron chi connectivity index (χ3n) is 6.83. The molecule has 0 spiro atoms. The molecular weight excluding hydrogens is 600 g/mol. The summed E-state index contributed by atoms with van der Waals surface area (Å²) in [7, 11) is 0. The second-order valence-electron chi connectivity index (χ2n) is 9.73. The smallest absolute Gasteiger partial charge is 0.385 e. The van der Waals surface area contributed by atoms with Gasteiger partial charge in [0.1, 0.15) is 0 Å². The number of carbonyl (C=O) groups excluding carboxylic acids is 1. The zero-order valence-electron chi connectivity index (χ0n) is 20.7. The standard InChI is InChI=1S/C22H26F16O2/c1-2-3-4-12-5-7-13(8-6-12)9-10-14(39)40-11-16(25,26)18(29,30)20(33,34)22(37,38)21(35,36)19(31,32)17(27,28)15(23)24/h12-13,15H,2-11H2,1H3/t12-,13-. The molecule has 0 heterocycles. The molecule has 0 aromatic heterocycles. The first-order valence-corrected chi connectivity index (χ1v) is 11.9. The minimum atomic E-state index is -8.46. The first-order chi connectivity index (χ1) is 17.8. The maximum atomic E-state index is 13.8. The summed E-state index contributed by atoms with van der Waals surface area (Å²) in [5, 5.41) is 0. The van der Waals surface area contributed by atoms with Crippen LogP contribution in [0.5, 0.6) is 0 Å². The largest absolute Gasteiger partial charge is 0.459 e. The van der Waals surface area contributed by atoms with Crippen LogP contribution in [0, 0.1) is 11.8 Å². The van der Waals surface area contributed by atoms with Crippen LogP contribution >= 0.6 is 0 Å². The molecular formula is C22H26F16O2. The number of carbonyl (C=O) groups is 1. The highest BCUT2D eigenvalue weighted by Gasteiger charge is 2.93. The Morgan fingerprint density at radius 2 is 1.07 bits per heavy atom. The van der Waals surface area contributed by atoms with Crippen LogP contribution in [-0.2, 0) is 9.53 Å². The molecule has 0 saturated heterocycles. The molecule has 1 aliphatic carbocycles. The molecule has 1 saturated carbocycles. The predicted octanol–water partition coefficient (Wildman–Crippen LogP) is 9.02. The Bertz CT molecular complexity index is 835. The summed E-state index contributed by atoms with van der Waals surface area (Å²) >= 11 is 0. The van der Waals surface area contributed by atoms with E-state index < -0.39 is 66.9 Å². The topological polar surface area (TPSA) is 26.3 Å². The van der Waals surface area contributed by atoms with Crippen molar-refractivity contribution in [2.24, 2.45) is 11.8 Å². The maximum Gasteiger partial charge on any atom is 0.385 e. The van der Waals surface area contributed by atoms with Crippen LogP contribution < -0.4 is 0 Å². The van der Waals surface area contributed by atoms with E-state index in [4.69, 9.17) is 0 Å². The van der Waals surface area contributed by atoms with Gasteiger partial charge in [0.05, 0.1) is 0 Å². The second kappa shape index (κ2) is 12.3. The molecule has 0 bridgehead atoms.